The van der Waals surface area contributed by atoms with Crippen LogP contribution in [0.5, 0.6) is 0 Å². The molecule has 1 saturated heterocycles. The van der Waals surface area contributed by atoms with Crippen LogP contribution in [-0.2, 0) is 0 Å². The van der Waals surface area contributed by atoms with Gasteiger partial charge in [0.25, 0.3) is 0 Å². The van der Waals surface area contributed by atoms with E-state index in [4.69, 9.17) is 5.73 Å². The van der Waals surface area contributed by atoms with Gasteiger partial charge in [0.2, 0.25) is 0 Å². The van der Waals surface area contributed by atoms with E-state index in [1.54, 1.807) is 6.07 Å². The number of anilines is 4. The number of hydrogen-bond donors (Lipinski definition) is 2. The maximum atomic E-state index is 14.3. The molecule has 1 fully saturated rings. The molecule has 28 heavy (non-hydrogen) atoms. The Bertz CT molecular complexity index is 1140. The smallest absolute Gasteiger partial charge is 0.187 e. The summed E-state index contributed by atoms with van der Waals surface area (Å²) in [6, 6.07) is 3.84. The average molecular weight is 394 g/mol. The number of fused-ring (bicyclic) bond motifs is 1. The second-order valence-electron chi connectivity index (χ2n) is 6.27. The number of halogens is 1. The minimum absolute atomic E-state index is 0.186. The van der Waals surface area contributed by atoms with Gasteiger partial charge in [-0.1, -0.05) is 17.9 Å². The molecule has 0 radical (unpaired) electrons. The molecule has 0 spiro atoms. The first-order valence-electron chi connectivity index (χ1n) is 8.39. The van der Waals surface area contributed by atoms with Gasteiger partial charge in [0.15, 0.2) is 16.8 Å². The number of pyridine rings is 1. The van der Waals surface area contributed by atoms with Crippen molar-refractivity contribution >= 4 is 44.1 Å². The molecule has 1 aliphatic heterocycles. The molecule has 8 nitrogen and oxygen atoms in total. The minimum Gasteiger partial charge on any atom is -0.384 e. The predicted octanol–water partition coefficient (Wildman–Crippen LogP) is 3.01. The summed E-state index contributed by atoms with van der Waals surface area (Å²) >= 11 is 1.30. The van der Waals surface area contributed by atoms with E-state index >= 15 is 0 Å². The average Bonchev–Trinajstić information content (AvgIpc) is 3.16. The first kappa shape index (κ1) is 17.9. The van der Waals surface area contributed by atoms with Gasteiger partial charge in [0, 0.05) is 19.2 Å². The molecule has 0 amide bonds. The Hall–Kier alpha value is -3.54. The summed E-state index contributed by atoms with van der Waals surface area (Å²) in [7, 11) is 0. The van der Waals surface area contributed by atoms with Gasteiger partial charge in [-0.3, -0.25) is 0 Å². The number of thiazole rings is 1. The summed E-state index contributed by atoms with van der Waals surface area (Å²) < 4.78 is 14.9. The molecule has 3 aromatic rings. The Morgan fingerprint density at radius 3 is 3.00 bits per heavy atom. The quantitative estimate of drug-likeness (QED) is 0.651. The molecule has 0 bridgehead atoms. The molecule has 0 aliphatic carbocycles. The number of aromatic nitrogens is 4. The van der Waals surface area contributed by atoms with Crippen molar-refractivity contribution in [2.24, 2.45) is 5.92 Å². The highest BCUT2D eigenvalue weighted by Gasteiger charge is 2.26. The van der Waals surface area contributed by atoms with Gasteiger partial charge in [-0.05, 0) is 12.0 Å². The third kappa shape index (κ3) is 3.36. The Morgan fingerprint density at radius 1 is 1.39 bits per heavy atom. The van der Waals surface area contributed by atoms with Crippen LogP contribution < -0.4 is 16.0 Å². The molecular formula is C18H15FN8S. The van der Waals surface area contributed by atoms with Crippen LogP contribution in [-0.4, -0.2) is 33.0 Å². The first-order chi connectivity index (χ1) is 13.6. The van der Waals surface area contributed by atoms with Gasteiger partial charge in [0.05, 0.1) is 18.2 Å². The number of nitrogens with one attached hydrogen (secondary N) is 1. The van der Waals surface area contributed by atoms with Gasteiger partial charge < -0.3 is 16.0 Å². The third-order valence-electron chi connectivity index (χ3n) is 4.32. The number of hydrogen-bond acceptors (Lipinski definition) is 9. The molecule has 1 aliphatic rings. The van der Waals surface area contributed by atoms with Crippen LogP contribution in [0, 0.1) is 23.1 Å². The largest absolute Gasteiger partial charge is 0.384 e. The molecule has 4 rings (SSSR count). The summed E-state index contributed by atoms with van der Waals surface area (Å²) in [5.41, 5.74) is 9.71. The molecule has 3 aromatic heterocycles. The first-order valence-corrected chi connectivity index (χ1v) is 9.21. The van der Waals surface area contributed by atoms with E-state index in [1.165, 1.54) is 17.7 Å². The van der Waals surface area contributed by atoms with Crippen LogP contribution in [0.4, 0.5) is 27.0 Å². The Labute approximate surface area is 163 Å². The van der Waals surface area contributed by atoms with E-state index in [0.29, 0.717) is 46.8 Å². The molecule has 1 atom stereocenters. The fourth-order valence-electron chi connectivity index (χ4n) is 3.01. The van der Waals surface area contributed by atoms with Crippen LogP contribution in [0.15, 0.2) is 36.5 Å². The van der Waals surface area contributed by atoms with Crippen LogP contribution >= 0.6 is 11.3 Å². The molecule has 140 valence electrons. The van der Waals surface area contributed by atoms with Gasteiger partial charge in [-0.2, -0.15) is 5.26 Å². The summed E-state index contributed by atoms with van der Waals surface area (Å²) in [5, 5.41) is 13.0. The standard InChI is InChI=1S/C18H15FN8S/c1-2-10-3-11(5-20)8-27(7-10)18-26-15-12(19)6-22-17(16(15)28-18)25-14-4-13(21)23-9-24-14/h4,6,9,11H,1,3,7-8H2,(H3,21,22,23,24,25). The van der Waals surface area contributed by atoms with Crippen molar-refractivity contribution < 1.29 is 4.39 Å². The van der Waals surface area contributed by atoms with Crippen molar-refractivity contribution in [3.63, 3.8) is 0 Å². The highest BCUT2D eigenvalue weighted by Crippen LogP contribution is 2.37. The lowest BCUT2D eigenvalue weighted by Gasteiger charge is -2.30. The Kier molecular flexibility index (Phi) is 4.61. The van der Waals surface area contributed by atoms with Crippen molar-refractivity contribution in [3.05, 3.63) is 42.3 Å². The van der Waals surface area contributed by atoms with E-state index < -0.39 is 5.82 Å². The lowest BCUT2D eigenvalue weighted by Crippen LogP contribution is -2.36. The van der Waals surface area contributed by atoms with Gasteiger partial charge in [-0.15, -0.1) is 5.73 Å². The minimum atomic E-state index is -0.515. The fourth-order valence-corrected chi connectivity index (χ4v) is 4.03. The molecular weight excluding hydrogens is 379 g/mol. The summed E-state index contributed by atoms with van der Waals surface area (Å²) in [6.45, 7) is 4.76. The molecule has 1 unspecified atom stereocenters. The third-order valence-corrected chi connectivity index (χ3v) is 5.44. The molecule has 4 heterocycles. The van der Waals surface area contributed by atoms with Crippen molar-refractivity contribution in [1.82, 2.24) is 19.9 Å². The second kappa shape index (κ2) is 7.23. The number of piperidine rings is 1. The zero-order valence-electron chi connectivity index (χ0n) is 14.7. The summed E-state index contributed by atoms with van der Waals surface area (Å²) in [4.78, 5) is 18.5. The normalized spacial score (nSPS) is 16.6. The van der Waals surface area contributed by atoms with Crippen LogP contribution in [0.3, 0.4) is 0 Å². The fraction of sp³-hybridized carbons (Fsp3) is 0.222. The zero-order chi connectivity index (χ0) is 19.7. The predicted molar refractivity (Wildman–Crippen MR) is 106 cm³/mol. The zero-order valence-corrected chi connectivity index (χ0v) is 15.5. The van der Waals surface area contributed by atoms with E-state index in [1.807, 2.05) is 4.90 Å². The van der Waals surface area contributed by atoms with Crippen LogP contribution in [0.1, 0.15) is 6.42 Å². The number of nitrogens with two attached hydrogens (primary N) is 1. The van der Waals surface area contributed by atoms with E-state index in [-0.39, 0.29) is 11.4 Å². The Morgan fingerprint density at radius 2 is 2.25 bits per heavy atom. The van der Waals surface area contributed by atoms with Gasteiger partial charge in [0.1, 0.15) is 28.2 Å². The Balaban J connectivity index is 1.73. The van der Waals surface area contributed by atoms with E-state index in [2.05, 4.69) is 43.6 Å². The highest BCUT2D eigenvalue weighted by atomic mass is 32.1. The van der Waals surface area contributed by atoms with Crippen molar-refractivity contribution in [2.45, 2.75) is 6.42 Å². The lowest BCUT2D eigenvalue weighted by molar-refractivity contribution is 0.573. The summed E-state index contributed by atoms with van der Waals surface area (Å²) in [6.07, 6.45) is 3.08. The number of nitriles is 1. The molecule has 10 heteroatoms. The molecule has 0 aromatic carbocycles. The van der Waals surface area contributed by atoms with Gasteiger partial charge >= 0.3 is 0 Å². The maximum absolute atomic E-state index is 14.3. The van der Waals surface area contributed by atoms with Crippen LogP contribution in [0.25, 0.3) is 10.2 Å². The number of rotatable bonds is 3. The molecule has 3 N–H and O–H groups in total. The molecule has 0 saturated carbocycles. The monoisotopic (exact) mass is 394 g/mol. The lowest BCUT2D eigenvalue weighted by atomic mass is 9.96. The van der Waals surface area contributed by atoms with Gasteiger partial charge in [-0.25, -0.2) is 24.3 Å². The SMILES string of the molecule is C=C=C1CC(C#N)CN(c2nc3c(F)cnc(Nc4cc(N)ncn4)c3s2)C1. The van der Waals surface area contributed by atoms with Crippen molar-refractivity contribution in [1.29, 1.82) is 5.26 Å². The second-order valence-corrected chi connectivity index (χ2v) is 7.25. The van der Waals surface area contributed by atoms with Crippen molar-refractivity contribution in [2.75, 3.05) is 29.0 Å². The number of nitrogen functional groups attached to an aromatic ring is 1. The van der Waals surface area contributed by atoms with Crippen LogP contribution in [0.2, 0.25) is 0 Å². The summed E-state index contributed by atoms with van der Waals surface area (Å²) in [5.74, 6) is 0.474. The highest BCUT2D eigenvalue weighted by molar-refractivity contribution is 7.22. The van der Waals surface area contributed by atoms with E-state index in [9.17, 15) is 9.65 Å². The number of nitrogens with zero attached hydrogens (tertiary/aromatic N) is 6. The van der Waals surface area contributed by atoms with Crippen molar-refractivity contribution in [3.8, 4) is 6.07 Å². The maximum Gasteiger partial charge on any atom is 0.187 e. The van der Waals surface area contributed by atoms with E-state index in [0.717, 1.165) is 11.8 Å². The topological polar surface area (TPSA) is 117 Å².